The number of nitrogens with one attached hydrogen (secondary N) is 1. The summed E-state index contributed by atoms with van der Waals surface area (Å²) >= 11 is 1.76. The van der Waals surface area contributed by atoms with E-state index in [1.54, 1.807) is 11.3 Å². The van der Waals surface area contributed by atoms with Crippen LogP contribution in [-0.4, -0.2) is 18.1 Å². The van der Waals surface area contributed by atoms with Crippen molar-refractivity contribution in [3.05, 3.63) is 46.8 Å². The number of carbonyl (C=O) groups is 1. The molecule has 4 heteroatoms. The van der Waals surface area contributed by atoms with Gasteiger partial charge in [-0.05, 0) is 47.9 Å². The summed E-state index contributed by atoms with van der Waals surface area (Å²) in [5.41, 5.74) is 4.29. The molecule has 0 amide bonds. The number of benzene rings is 1. The molecular formula is C20H21NO2S. The molecule has 2 heterocycles. The lowest BCUT2D eigenvalue weighted by molar-refractivity contribution is 0.0601. The van der Waals surface area contributed by atoms with Gasteiger partial charge in [0.1, 0.15) is 0 Å². The lowest BCUT2D eigenvalue weighted by Gasteiger charge is -2.22. The summed E-state index contributed by atoms with van der Waals surface area (Å²) in [6.07, 6.45) is 6.47. The van der Waals surface area contributed by atoms with Crippen LogP contribution in [0, 0.1) is 0 Å². The summed E-state index contributed by atoms with van der Waals surface area (Å²) in [5, 5.41) is 3.36. The van der Waals surface area contributed by atoms with E-state index in [4.69, 9.17) is 4.74 Å². The quantitative estimate of drug-likeness (QED) is 0.619. The Morgan fingerprint density at radius 3 is 2.75 bits per heavy atom. The number of hydrogen-bond acceptors (Lipinski definition) is 3. The molecular weight excluding hydrogens is 318 g/mol. The number of fused-ring (bicyclic) bond motifs is 1. The van der Waals surface area contributed by atoms with Crippen LogP contribution in [0.5, 0.6) is 0 Å². The minimum Gasteiger partial charge on any atom is -0.465 e. The highest BCUT2D eigenvalue weighted by Crippen LogP contribution is 2.43. The standard InChI is InChI=1S/C20H21NO2S/c1-23-20(22)14-9-10-15-16(12-14)21-19(17-8-5-11-24-17)18(15)13-6-3-2-4-7-13/h5,8-13,21H,2-4,6-7H2,1H3. The Hall–Kier alpha value is -2.07. The molecule has 3 nitrogen and oxygen atoms in total. The van der Waals surface area contributed by atoms with Crippen molar-refractivity contribution in [1.29, 1.82) is 0 Å². The van der Waals surface area contributed by atoms with E-state index < -0.39 is 0 Å². The molecule has 1 aliphatic rings. The second-order valence-corrected chi connectivity index (χ2v) is 7.43. The summed E-state index contributed by atoms with van der Waals surface area (Å²) in [6.45, 7) is 0. The van der Waals surface area contributed by atoms with Gasteiger partial charge < -0.3 is 9.72 Å². The van der Waals surface area contributed by atoms with Crippen molar-refractivity contribution in [2.75, 3.05) is 7.11 Å². The van der Waals surface area contributed by atoms with E-state index in [0.717, 1.165) is 5.52 Å². The Balaban J connectivity index is 1.89. The van der Waals surface area contributed by atoms with E-state index in [0.29, 0.717) is 11.5 Å². The predicted octanol–water partition coefficient (Wildman–Crippen LogP) is 5.73. The Bertz CT molecular complexity index is 857. The van der Waals surface area contributed by atoms with Gasteiger partial charge in [-0.3, -0.25) is 0 Å². The van der Waals surface area contributed by atoms with E-state index in [-0.39, 0.29) is 5.97 Å². The highest BCUT2D eigenvalue weighted by molar-refractivity contribution is 7.13. The van der Waals surface area contributed by atoms with Crippen molar-refractivity contribution in [3.63, 3.8) is 0 Å². The molecule has 0 aliphatic heterocycles. The molecule has 124 valence electrons. The fourth-order valence-corrected chi connectivity index (χ4v) is 4.63. The van der Waals surface area contributed by atoms with Crippen LogP contribution in [-0.2, 0) is 4.74 Å². The largest absolute Gasteiger partial charge is 0.465 e. The summed E-state index contributed by atoms with van der Waals surface area (Å²) in [6, 6.07) is 10.1. The van der Waals surface area contributed by atoms with Gasteiger partial charge in [0.2, 0.25) is 0 Å². The van der Waals surface area contributed by atoms with Gasteiger partial charge in [-0.15, -0.1) is 11.3 Å². The maximum absolute atomic E-state index is 11.8. The molecule has 0 saturated heterocycles. The van der Waals surface area contributed by atoms with Crippen LogP contribution in [0.1, 0.15) is 53.9 Å². The SMILES string of the molecule is COC(=O)c1ccc2c(C3CCCCC3)c(-c3cccs3)[nH]c2c1. The molecule has 1 aliphatic carbocycles. The number of methoxy groups -OCH3 is 1. The minimum absolute atomic E-state index is 0.289. The molecule has 1 saturated carbocycles. The van der Waals surface area contributed by atoms with Crippen LogP contribution >= 0.6 is 11.3 Å². The van der Waals surface area contributed by atoms with Gasteiger partial charge >= 0.3 is 5.97 Å². The molecule has 3 aromatic rings. The smallest absolute Gasteiger partial charge is 0.337 e. The van der Waals surface area contributed by atoms with E-state index in [1.807, 2.05) is 12.1 Å². The number of H-pyrrole nitrogens is 1. The zero-order valence-electron chi connectivity index (χ0n) is 13.8. The molecule has 2 aromatic heterocycles. The topological polar surface area (TPSA) is 42.1 Å². The number of thiophene rings is 1. The first-order valence-electron chi connectivity index (χ1n) is 8.55. The zero-order chi connectivity index (χ0) is 16.5. The third-order valence-electron chi connectivity index (χ3n) is 5.04. The van der Waals surface area contributed by atoms with Gasteiger partial charge in [-0.1, -0.05) is 31.4 Å². The second-order valence-electron chi connectivity index (χ2n) is 6.48. The first-order valence-corrected chi connectivity index (χ1v) is 9.43. The number of hydrogen-bond donors (Lipinski definition) is 1. The van der Waals surface area contributed by atoms with E-state index in [9.17, 15) is 4.79 Å². The third kappa shape index (κ3) is 2.65. The Morgan fingerprint density at radius 2 is 2.04 bits per heavy atom. The van der Waals surface area contributed by atoms with E-state index >= 15 is 0 Å². The molecule has 0 radical (unpaired) electrons. The lowest BCUT2D eigenvalue weighted by atomic mass is 9.82. The highest BCUT2D eigenvalue weighted by atomic mass is 32.1. The molecule has 24 heavy (non-hydrogen) atoms. The van der Waals surface area contributed by atoms with Crippen molar-refractivity contribution < 1.29 is 9.53 Å². The number of esters is 1. The van der Waals surface area contributed by atoms with Gasteiger partial charge in [0.15, 0.2) is 0 Å². The van der Waals surface area contributed by atoms with Crippen LogP contribution in [0.4, 0.5) is 0 Å². The number of carbonyl (C=O) groups excluding carboxylic acids is 1. The summed E-state index contributed by atoms with van der Waals surface area (Å²) in [4.78, 5) is 16.7. The lowest BCUT2D eigenvalue weighted by Crippen LogP contribution is -2.05. The number of ether oxygens (including phenoxy) is 1. The summed E-state index contributed by atoms with van der Waals surface area (Å²) in [5.74, 6) is 0.317. The average Bonchev–Trinajstić information content (AvgIpc) is 3.28. The summed E-state index contributed by atoms with van der Waals surface area (Å²) in [7, 11) is 1.42. The molecule has 0 spiro atoms. The van der Waals surface area contributed by atoms with Gasteiger partial charge in [0.25, 0.3) is 0 Å². The number of aromatic nitrogens is 1. The number of rotatable bonds is 3. The normalized spacial score (nSPS) is 15.7. The van der Waals surface area contributed by atoms with Gasteiger partial charge in [0, 0.05) is 10.9 Å². The van der Waals surface area contributed by atoms with Gasteiger partial charge in [-0.25, -0.2) is 4.79 Å². The molecule has 1 aromatic carbocycles. The van der Waals surface area contributed by atoms with Crippen molar-refractivity contribution >= 4 is 28.2 Å². The van der Waals surface area contributed by atoms with Crippen molar-refractivity contribution in [1.82, 2.24) is 4.98 Å². The molecule has 0 bridgehead atoms. The van der Waals surface area contributed by atoms with Crippen LogP contribution in [0.2, 0.25) is 0 Å². The van der Waals surface area contributed by atoms with E-state index in [1.165, 1.54) is 60.7 Å². The molecule has 4 rings (SSSR count). The van der Waals surface area contributed by atoms with Crippen LogP contribution < -0.4 is 0 Å². The fraction of sp³-hybridized carbons (Fsp3) is 0.350. The van der Waals surface area contributed by atoms with Gasteiger partial charge in [0.05, 0.1) is 23.2 Å². The van der Waals surface area contributed by atoms with Crippen LogP contribution in [0.15, 0.2) is 35.7 Å². The Kier molecular flexibility index (Phi) is 4.15. The maximum atomic E-state index is 11.8. The average molecular weight is 339 g/mol. The fourth-order valence-electron chi connectivity index (χ4n) is 3.89. The maximum Gasteiger partial charge on any atom is 0.337 e. The first-order chi connectivity index (χ1) is 11.8. The van der Waals surface area contributed by atoms with Crippen LogP contribution in [0.25, 0.3) is 21.5 Å². The Labute approximate surface area is 145 Å². The van der Waals surface area contributed by atoms with Gasteiger partial charge in [-0.2, -0.15) is 0 Å². The molecule has 1 N–H and O–H groups in total. The molecule has 0 unspecified atom stereocenters. The molecule has 0 atom stereocenters. The van der Waals surface area contributed by atoms with E-state index in [2.05, 4.69) is 28.6 Å². The number of aromatic amines is 1. The highest BCUT2D eigenvalue weighted by Gasteiger charge is 2.24. The predicted molar refractivity (Wildman–Crippen MR) is 98.8 cm³/mol. The first kappa shape index (κ1) is 15.5. The minimum atomic E-state index is -0.289. The third-order valence-corrected chi connectivity index (χ3v) is 5.93. The monoisotopic (exact) mass is 339 g/mol. The zero-order valence-corrected chi connectivity index (χ0v) is 14.6. The molecule has 1 fully saturated rings. The van der Waals surface area contributed by atoms with Crippen LogP contribution in [0.3, 0.4) is 0 Å². The Morgan fingerprint density at radius 1 is 1.21 bits per heavy atom. The van der Waals surface area contributed by atoms with Crippen molar-refractivity contribution in [3.8, 4) is 10.6 Å². The second kappa shape index (κ2) is 6.44. The van der Waals surface area contributed by atoms with Crippen molar-refractivity contribution in [2.45, 2.75) is 38.0 Å². The summed E-state index contributed by atoms with van der Waals surface area (Å²) < 4.78 is 4.86. The van der Waals surface area contributed by atoms with Crippen molar-refractivity contribution in [2.24, 2.45) is 0 Å².